The fraction of sp³-hybridized carbons (Fsp3) is 0. The molecular formula is C40H24N6O. The van der Waals surface area contributed by atoms with Crippen molar-refractivity contribution in [3.63, 3.8) is 0 Å². The van der Waals surface area contributed by atoms with E-state index in [2.05, 4.69) is 6.07 Å². The van der Waals surface area contributed by atoms with Gasteiger partial charge in [-0.05, 0) is 24.3 Å². The van der Waals surface area contributed by atoms with Crippen molar-refractivity contribution in [3.8, 4) is 56.9 Å². The van der Waals surface area contributed by atoms with Crippen LogP contribution in [-0.2, 0) is 0 Å². The Morgan fingerprint density at radius 3 is 1.79 bits per heavy atom. The first-order valence-electron chi connectivity index (χ1n) is 15.3. The Bertz CT molecular complexity index is 2520. The van der Waals surface area contributed by atoms with Gasteiger partial charge < -0.3 is 4.42 Å². The third-order valence-corrected chi connectivity index (χ3v) is 8.16. The summed E-state index contributed by atoms with van der Waals surface area (Å²) >= 11 is 0. The minimum Gasteiger partial charge on any atom is -0.438 e. The van der Waals surface area contributed by atoms with Crippen LogP contribution in [0.1, 0.15) is 0 Å². The Balaban J connectivity index is 1.25. The van der Waals surface area contributed by atoms with Crippen LogP contribution in [0.5, 0.6) is 0 Å². The lowest BCUT2D eigenvalue weighted by Crippen LogP contribution is -2.00. The zero-order chi connectivity index (χ0) is 31.2. The van der Waals surface area contributed by atoms with E-state index in [1.54, 1.807) is 0 Å². The second kappa shape index (κ2) is 11.1. The van der Waals surface area contributed by atoms with Crippen molar-refractivity contribution in [2.45, 2.75) is 0 Å². The summed E-state index contributed by atoms with van der Waals surface area (Å²) in [6.07, 6.45) is 0. The molecule has 220 valence electrons. The molecule has 0 atom stereocenters. The SMILES string of the molecule is c1ccc(-c2nc(-c3ccccc3)nc(-c3cccc(-c4nc(-c5ccc6ccccc6n5)nc5oc6ccccc6c45)c3)n2)cc1. The number of furan rings is 1. The van der Waals surface area contributed by atoms with E-state index in [0.29, 0.717) is 34.7 Å². The van der Waals surface area contributed by atoms with Gasteiger partial charge in [-0.25, -0.2) is 24.9 Å². The Labute approximate surface area is 269 Å². The molecule has 0 aliphatic rings. The van der Waals surface area contributed by atoms with Crippen LogP contribution in [0, 0.1) is 0 Å². The van der Waals surface area contributed by atoms with Crippen LogP contribution in [0.3, 0.4) is 0 Å². The predicted molar refractivity (Wildman–Crippen MR) is 185 cm³/mol. The summed E-state index contributed by atoms with van der Waals surface area (Å²) in [5.74, 6) is 2.27. The van der Waals surface area contributed by atoms with Crippen LogP contribution in [-0.4, -0.2) is 29.9 Å². The van der Waals surface area contributed by atoms with Crippen LogP contribution in [0.2, 0.25) is 0 Å². The summed E-state index contributed by atoms with van der Waals surface area (Å²) in [7, 11) is 0. The lowest BCUT2D eigenvalue weighted by molar-refractivity contribution is 0.653. The van der Waals surface area contributed by atoms with E-state index >= 15 is 0 Å². The molecule has 0 saturated carbocycles. The van der Waals surface area contributed by atoms with Crippen LogP contribution in [0.15, 0.2) is 150 Å². The molecule has 0 aliphatic carbocycles. The zero-order valence-corrected chi connectivity index (χ0v) is 24.9. The standard InChI is InChI=1S/C40H24N6O/c1-3-13-26(14-4-1)36-43-37(27-15-5-2-6-16-27)45-38(44-36)29-18-11-17-28(24-29)35-34-30-19-8-10-21-33(30)47-40(34)46-39(42-35)32-23-22-25-12-7-9-20-31(25)41-32/h1-24H. The van der Waals surface area contributed by atoms with E-state index < -0.39 is 0 Å². The van der Waals surface area contributed by atoms with Crippen molar-refractivity contribution in [1.82, 2.24) is 29.9 Å². The Morgan fingerprint density at radius 2 is 1.02 bits per heavy atom. The third-order valence-electron chi connectivity index (χ3n) is 8.16. The van der Waals surface area contributed by atoms with Crippen molar-refractivity contribution >= 4 is 33.0 Å². The van der Waals surface area contributed by atoms with Gasteiger partial charge in [-0.3, -0.25) is 0 Å². The highest BCUT2D eigenvalue weighted by Gasteiger charge is 2.20. The highest BCUT2D eigenvalue weighted by Crippen LogP contribution is 2.37. The summed E-state index contributed by atoms with van der Waals surface area (Å²) in [5.41, 5.74) is 7.09. The van der Waals surface area contributed by atoms with Gasteiger partial charge in [-0.15, -0.1) is 0 Å². The average molecular weight is 605 g/mol. The normalized spacial score (nSPS) is 11.4. The largest absolute Gasteiger partial charge is 0.438 e. The third kappa shape index (κ3) is 4.87. The Kier molecular flexibility index (Phi) is 6.31. The maximum atomic E-state index is 6.30. The second-order valence-electron chi connectivity index (χ2n) is 11.2. The highest BCUT2D eigenvalue weighted by molar-refractivity contribution is 6.10. The zero-order valence-electron chi connectivity index (χ0n) is 24.9. The van der Waals surface area contributed by atoms with Gasteiger partial charge >= 0.3 is 0 Å². The van der Waals surface area contributed by atoms with Crippen LogP contribution in [0.25, 0.3) is 89.9 Å². The number of hydrogen-bond acceptors (Lipinski definition) is 7. The molecule has 0 saturated heterocycles. The minimum absolute atomic E-state index is 0.487. The molecule has 7 heteroatoms. The first-order valence-corrected chi connectivity index (χ1v) is 15.3. The molecule has 7 nitrogen and oxygen atoms in total. The quantitative estimate of drug-likeness (QED) is 0.193. The van der Waals surface area contributed by atoms with Gasteiger partial charge in [-0.1, -0.05) is 121 Å². The predicted octanol–water partition coefficient (Wildman–Crippen LogP) is 9.44. The van der Waals surface area contributed by atoms with E-state index in [1.807, 2.05) is 140 Å². The average Bonchev–Trinajstić information content (AvgIpc) is 3.53. The van der Waals surface area contributed by atoms with Crippen LogP contribution in [0.4, 0.5) is 0 Å². The van der Waals surface area contributed by atoms with Gasteiger partial charge in [0.15, 0.2) is 23.3 Å². The Hall–Kier alpha value is -6.60. The molecule has 0 unspecified atom stereocenters. The number of para-hydroxylation sites is 2. The van der Waals surface area contributed by atoms with E-state index in [4.69, 9.17) is 34.3 Å². The number of pyridine rings is 1. The van der Waals surface area contributed by atoms with Crippen molar-refractivity contribution in [1.29, 1.82) is 0 Å². The number of benzene rings is 5. The molecule has 0 N–H and O–H groups in total. The topological polar surface area (TPSA) is 90.5 Å². The molecule has 9 rings (SSSR count). The van der Waals surface area contributed by atoms with Gasteiger partial charge in [0, 0.05) is 33.0 Å². The Morgan fingerprint density at radius 1 is 0.404 bits per heavy atom. The maximum Gasteiger partial charge on any atom is 0.231 e. The number of hydrogen-bond donors (Lipinski definition) is 0. The first-order chi connectivity index (χ1) is 23.3. The summed E-state index contributed by atoms with van der Waals surface area (Å²) < 4.78 is 6.30. The van der Waals surface area contributed by atoms with Gasteiger partial charge in [0.05, 0.1) is 16.6 Å². The number of nitrogens with zero attached hydrogens (tertiary/aromatic N) is 6. The lowest BCUT2D eigenvalue weighted by atomic mass is 10.0. The van der Waals surface area contributed by atoms with E-state index in [9.17, 15) is 0 Å². The van der Waals surface area contributed by atoms with Gasteiger partial charge in [-0.2, -0.15) is 4.98 Å². The van der Waals surface area contributed by atoms with E-state index in [0.717, 1.165) is 55.2 Å². The number of aromatic nitrogens is 6. The minimum atomic E-state index is 0.487. The smallest absolute Gasteiger partial charge is 0.231 e. The fourth-order valence-corrected chi connectivity index (χ4v) is 5.88. The number of rotatable bonds is 5. The van der Waals surface area contributed by atoms with E-state index in [1.165, 1.54) is 0 Å². The lowest BCUT2D eigenvalue weighted by Gasteiger charge is -2.10. The molecule has 4 heterocycles. The molecule has 47 heavy (non-hydrogen) atoms. The second-order valence-corrected chi connectivity index (χ2v) is 11.2. The molecule has 5 aromatic carbocycles. The summed E-state index contributed by atoms with van der Waals surface area (Å²) in [4.78, 5) is 29.7. The molecular weight excluding hydrogens is 580 g/mol. The van der Waals surface area contributed by atoms with Gasteiger partial charge in [0.2, 0.25) is 5.71 Å². The molecule has 0 aliphatic heterocycles. The van der Waals surface area contributed by atoms with Gasteiger partial charge in [0.25, 0.3) is 0 Å². The van der Waals surface area contributed by atoms with Crippen molar-refractivity contribution in [2.75, 3.05) is 0 Å². The molecule has 0 fully saturated rings. The highest BCUT2D eigenvalue weighted by atomic mass is 16.3. The number of fused-ring (bicyclic) bond motifs is 4. The molecule has 0 bridgehead atoms. The van der Waals surface area contributed by atoms with E-state index in [-0.39, 0.29) is 0 Å². The molecule has 4 aromatic heterocycles. The van der Waals surface area contributed by atoms with Crippen molar-refractivity contribution in [2.24, 2.45) is 0 Å². The van der Waals surface area contributed by atoms with Crippen LogP contribution >= 0.6 is 0 Å². The maximum absolute atomic E-state index is 6.30. The van der Waals surface area contributed by atoms with Gasteiger partial charge in [0.1, 0.15) is 11.3 Å². The molecule has 0 radical (unpaired) electrons. The molecule has 9 aromatic rings. The molecule has 0 amide bonds. The first kappa shape index (κ1) is 26.8. The monoisotopic (exact) mass is 604 g/mol. The van der Waals surface area contributed by atoms with Crippen LogP contribution < -0.4 is 0 Å². The van der Waals surface area contributed by atoms with Crippen molar-refractivity contribution < 1.29 is 4.42 Å². The summed E-state index contributed by atoms with van der Waals surface area (Å²) in [5, 5.41) is 2.84. The fourth-order valence-electron chi connectivity index (χ4n) is 5.88. The van der Waals surface area contributed by atoms with Crippen molar-refractivity contribution in [3.05, 3.63) is 146 Å². The summed E-state index contributed by atoms with van der Waals surface area (Å²) in [6, 6.07) is 48.0. The summed E-state index contributed by atoms with van der Waals surface area (Å²) in [6.45, 7) is 0. The molecule has 0 spiro atoms.